The Balaban J connectivity index is 0.000000139. The van der Waals surface area contributed by atoms with Crippen molar-refractivity contribution >= 4 is 44.1 Å². The summed E-state index contributed by atoms with van der Waals surface area (Å²) >= 11 is 1.25. The summed E-state index contributed by atoms with van der Waals surface area (Å²) in [5, 5.41) is 37.9. The summed E-state index contributed by atoms with van der Waals surface area (Å²) in [4.78, 5) is 14.7. The Kier molecular flexibility index (Phi) is 7.61. The van der Waals surface area contributed by atoms with Crippen molar-refractivity contribution < 1.29 is 24.5 Å². The maximum absolute atomic E-state index is 10.5. The average Bonchev–Trinajstić information content (AvgIpc) is 3.15. The molecule has 2 heterocycles. The molecule has 8 nitrogen and oxygen atoms in total. The van der Waals surface area contributed by atoms with Gasteiger partial charge in [-0.25, -0.2) is 0 Å². The van der Waals surface area contributed by atoms with Crippen molar-refractivity contribution in [3.63, 3.8) is 0 Å². The van der Waals surface area contributed by atoms with Crippen molar-refractivity contribution in [3.8, 4) is 17.2 Å². The van der Waals surface area contributed by atoms with Crippen LogP contribution in [0.25, 0.3) is 21.2 Å². The predicted molar refractivity (Wildman–Crippen MR) is 127 cm³/mol. The van der Waals surface area contributed by atoms with E-state index in [1.165, 1.54) is 36.5 Å². The van der Waals surface area contributed by atoms with Crippen molar-refractivity contribution in [2.75, 3.05) is 5.32 Å². The van der Waals surface area contributed by atoms with Gasteiger partial charge in [-0.1, -0.05) is 29.5 Å². The van der Waals surface area contributed by atoms with Crippen molar-refractivity contribution in [2.45, 2.75) is 6.92 Å². The second kappa shape index (κ2) is 10.8. The number of nitrogens with zero attached hydrogens (tertiary/aromatic N) is 1. The maximum atomic E-state index is 10.5. The average molecular weight is 464 g/mol. The van der Waals surface area contributed by atoms with Gasteiger partial charge >= 0.3 is 0 Å². The van der Waals surface area contributed by atoms with Crippen LogP contribution in [-0.2, 0) is 4.79 Å². The van der Waals surface area contributed by atoms with Crippen molar-refractivity contribution in [3.05, 3.63) is 83.9 Å². The van der Waals surface area contributed by atoms with Gasteiger partial charge in [0.2, 0.25) is 5.91 Å². The zero-order chi connectivity index (χ0) is 23.8. The number of para-hydroxylation sites is 1. The number of carbonyl (C=O) groups excluding carboxylic acids is 1. The number of rotatable bonds is 1. The summed E-state index contributed by atoms with van der Waals surface area (Å²) in [5.41, 5.74) is 1.92. The van der Waals surface area contributed by atoms with E-state index in [9.17, 15) is 9.90 Å². The summed E-state index contributed by atoms with van der Waals surface area (Å²) < 4.78 is 5.86. The molecule has 0 unspecified atom stereocenters. The molecule has 168 valence electrons. The molecule has 5 rings (SSSR count). The smallest absolute Gasteiger partial charge is 0.271 e. The number of fused-ring (bicyclic) bond motifs is 2. The number of aromatic hydroxyl groups is 3. The standard InChI is InChI=1S/C9H7NO.C8H9NO2.C7H5NO2S/c11-8-5-1-3-7-4-2-6-10-9(7)8;1-6(10)9-7-2-4-8(11)5-3-7;8-7-10-5-3-4(9)1-2-6(5)11-7/h1-6,11H;2-5,11H,1H3,(H,9,10);1-3,8-9H. The first-order valence-corrected chi connectivity index (χ1v) is 10.5. The van der Waals surface area contributed by atoms with Gasteiger partial charge in [0.15, 0.2) is 5.58 Å². The summed E-state index contributed by atoms with van der Waals surface area (Å²) in [6.45, 7) is 1.44. The fraction of sp³-hybridized carbons (Fsp3) is 0.0417. The summed E-state index contributed by atoms with van der Waals surface area (Å²) in [6, 6.07) is 20.2. The second-order valence-electron chi connectivity index (χ2n) is 6.70. The molecular weight excluding hydrogens is 442 g/mol. The van der Waals surface area contributed by atoms with E-state index in [1.54, 1.807) is 42.6 Å². The third-order valence-corrected chi connectivity index (χ3v) is 4.96. The van der Waals surface area contributed by atoms with E-state index < -0.39 is 0 Å². The van der Waals surface area contributed by atoms with Crippen LogP contribution in [0.1, 0.15) is 6.92 Å². The van der Waals surface area contributed by atoms with Gasteiger partial charge in [0.05, 0.1) is 4.70 Å². The topological polar surface area (TPSA) is 140 Å². The number of amides is 1. The SMILES string of the molecule is CC(=O)Nc1ccc(O)cc1.N=c1oc2cc(O)ccc2s1.Oc1cccc2cccnc12. The first-order chi connectivity index (χ1) is 15.8. The maximum Gasteiger partial charge on any atom is 0.271 e. The Morgan fingerprint density at radius 1 is 0.970 bits per heavy atom. The van der Waals surface area contributed by atoms with E-state index >= 15 is 0 Å². The van der Waals surface area contributed by atoms with Crippen LogP contribution in [0.5, 0.6) is 17.2 Å². The number of hydrogen-bond acceptors (Lipinski definition) is 8. The van der Waals surface area contributed by atoms with Gasteiger partial charge in [-0.3, -0.25) is 15.2 Å². The van der Waals surface area contributed by atoms with Gasteiger partial charge in [0.25, 0.3) is 4.87 Å². The van der Waals surface area contributed by atoms with Crippen LogP contribution in [0.3, 0.4) is 0 Å². The number of carbonyl (C=O) groups is 1. The molecule has 33 heavy (non-hydrogen) atoms. The second-order valence-corrected chi connectivity index (χ2v) is 7.72. The molecule has 0 radical (unpaired) electrons. The van der Waals surface area contributed by atoms with Crippen LogP contribution in [0.4, 0.5) is 5.69 Å². The van der Waals surface area contributed by atoms with E-state index in [0.29, 0.717) is 16.8 Å². The van der Waals surface area contributed by atoms with Gasteiger partial charge in [-0.2, -0.15) is 0 Å². The number of phenolic OH excluding ortho intramolecular Hbond substituents is 3. The number of nitrogens with one attached hydrogen (secondary N) is 2. The molecule has 0 saturated heterocycles. The zero-order valence-electron chi connectivity index (χ0n) is 17.5. The largest absolute Gasteiger partial charge is 0.508 e. The zero-order valence-corrected chi connectivity index (χ0v) is 18.3. The molecule has 0 aliphatic rings. The lowest BCUT2D eigenvalue weighted by molar-refractivity contribution is -0.114. The van der Waals surface area contributed by atoms with Crippen molar-refractivity contribution in [1.29, 1.82) is 5.41 Å². The number of phenols is 3. The van der Waals surface area contributed by atoms with Gasteiger partial charge in [-0.05, 0) is 48.5 Å². The number of anilines is 1. The molecule has 2 aromatic heterocycles. The number of hydrogen-bond donors (Lipinski definition) is 5. The fourth-order valence-corrected chi connectivity index (χ4v) is 3.39. The van der Waals surface area contributed by atoms with E-state index in [-0.39, 0.29) is 28.0 Å². The molecule has 0 aliphatic carbocycles. The Bertz CT molecular complexity index is 1420. The molecule has 0 aliphatic heterocycles. The highest BCUT2D eigenvalue weighted by atomic mass is 32.1. The van der Waals surface area contributed by atoms with Gasteiger partial charge < -0.3 is 25.1 Å². The predicted octanol–water partition coefficient (Wildman–Crippen LogP) is 4.97. The van der Waals surface area contributed by atoms with E-state index in [2.05, 4.69) is 10.3 Å². The van der Waals surface area contributed by atoms with Crippen LogP contribution < -0.4 is 10.2 Å². The van der Waals surface area contributed by atoms with Gasteiger partial charge in [-0.15, -0.1) is 0 Å². The molecule has 5 aromatic rings. The summed E-state index contributed by atoms with van der Waals surface area (Å²) in [6.07, 6.45) is 1.67. The number of pyridine rings is 1. The molecule has 5 N–H and O–H groups in total. The van der Waals surface area contributed by atoms with Gasteiger partial charge in [0.1, 0.15) is 22.8 Å². The van der Waals surface area contributed by atoms with Gasteiger partial charge in [0, 0.05) is 30.3 Å². The minimum atomic E-state index is -0.115. The lowest BCUT2D eigenvalue weighted by Gasteiger charge is -1.99. The Hall–Kier alpha value is -4.37. The molecule has 0 fully saturated rings. The Morgan fingerprint density at radius 2 is 1.67 bits per heavy atom. The Labute approximate surface area is 192 Å². The molecule has 9 heteroatoms. The van der Waals surface area contributed by atoms with Crippen LogP contribution in [-0.4, -0.2) is 26.2 Å². The van der Waals surface area contributed by atoms with E-state index in [1.807, 2.05) is 18.2 Å². The minimum Gasteiger partial charge on any atom is -0.508 e. The highest BCUT2D eigenvalue weighted by Gasteiger charge is 1.99. The van der Waals surface area contributed by atoms with Crippen LogP contribution >= 0.6 is 11.3 Å². The summed E-state index contributed by atoms with van der Waals surface area (Å²) in [5.74, 6) is 0.483. The third kappa shape index (κ3) is 6.81. The summed E-state index contributed by atoms with van der Waals surface area (Å²) in [7, 11) is 0. The number of benzene rings is 3. The molecule has 0 saturated carbocycles. The molecule has 0 spiro atoms. The lowest BCUT2D eigenvalue weighted by atomic mass is 10.2. The fourth-order valence-electron chi connectivity index (χ4n) is 2.72. The van der Waals surface area contributed by atoms with E-state index in [4.69, 9.17) is 20.0 Å². The third-order valence-electron chi connectivity index (χ3n) is 4.13. The highest BCUT2D eigenvalue weighted by Crippen LogP contribution is 2.21. The normalized spacial score (nSPS) is 9.97. The van der Waals surface area contributed by atoms with E-state index in [0.717, 1.165) is 10.1 Å². The van der Waals surface area contributed by atoms with Crippen LogP contribution in [0.2, 0.25) is 0 Å². The van der Waals surface area contributed by atoms with Crippen LogP contribution in [0, 0.1) is 5.41 Å². The molecule has 3 aromatic carbocycles. The molecule has 1 amide bonds. The molecular formula is C24H21N3O5S. The quantitative estimate of drug-likeness (QED) is 0.222. The van der Waals surface area contributed by atoms with Crippen molar-refractivity contribution in [1.82, 2.24) is 4.98 Å². The first kappa shape index (κ1) is 23.3. The monoisotopic (exact) mass is 463 g/mol. The highest BCUT2D eigenvalue weighted by molar-refractivity contribution is 7.16. The molecule has 0 bridgehead atoms. The minimum absolute atomic E-state index is 0.115. The van der Waals surface area contributed by atoms with Crippen molar-refractivity contribution in [2.24, 2.45) is 0 Å². The first-order valence-electron chi connectivity index (χ1n) is 9.68. The van der Waals surface area contributed by atoms with Crippen LogP contribution in [0.15, 0.2) is 83.4 Å². The lowest BCUT2D eigenvalue weighted by Crippen LogP contribution is -2.04. The number of aromatic nitrogens is 1. The Morgan fingerprint density at radius 3 is 2.36 bits per heavy atom. The molecule has 0 atom stereocenters.